The van der Waals surface area contributed by atoms with Crippen molar-refractivity contribution in [2.45, 2.75) is 141 Å². The third-order valence-electron chi connectivity index (χ3n) is 16.7. The number of ether oxygens (including phenoxy) is 5. The first-order valence-corrected chi connectivity index (χ1v) is 30.1. The molecule has 3 N–H and O–H groups in total. The molecule has 18 heteroatoms. The monoisotopic (exact) mass is 1180 g/mol. The van der Waals surface area contributed by atoms with Crippen molar-refractivity contribution in [3.63, 3.8) is 0 Å². The smallest absolute Gasteiger partial charge is 0.407 e. The number of likely N-dealkylation sites (tertiary alicyclic amines) is 2. The van der Waals surface area contributed by atoms with Crippen LogP contribution in [0.1, 0.15) is 144 Å². The number of hydrogen-bond acceptors (Lipinski definition) is 11. The number of nitrogens with one attached hydrogen (secondary N) is 1. The van der Waals surface area contributed by atoms with Gasteiger partial charge in [-0.05, 0) is 197 Å². The van der Waals surface area contributed by atoms with E-state index in [1.807, 2.05) is 44.4 Å². The molecule has 4 aromatic rings. The maximum absolute atomic E-state index is 14.5. The van der Waals surface area contributed by atoms with Gasteiger partial charge in [-0.25, -0.2) is 22.4 Å². The van der Waals surface area contributed by atoms with Gasteiger partial charge in [0.15, 0.2) is 23.0 Å². The van der Waals surface area contributed by atoms with Crippen molar-refractivity contribution in [2.24, 2.45) is 17.6 Å². The van der Waals surface area contributed by atoms with Crippen LogP contribution in [0.25, 0.3) is 12.2 Å². The summed E-state index contributed by atoms with van der Waals surface area (Å²) in [6.07, 6.45) is 15.5. The molecule has 2 aliphatic heterocycles. The van der Waals surface area contributed by atoms with Gasteiger partial charge in [-0.3, -0.25) is 19.4 Å². The molecule has 2 atom stereocenters. The van der Waals surface area contributed by atoms with Gasteiger partial charge in [-0.2, -0.15) is 0 Å². The maximum Gasteiger partial charge on any atom is 0.407 e. The Bertz CT molecular complexity index is 2940. The normalized spacial score (nSPS) is 21.3. The fourth-order valence-corrected chi connectivity index (χ4v) is 12.4. The lowest BCUT2D eigenvalue weighted by molar-refractivity contribution is 0.0480. The van der Waals surface area contributed by atoms with Crippen molar-refractivity contribution in [1.29, 1.82) is 0 Å². The molecule has 464 valence electrons. The van der Waals surface area contributed by atoms with Gasteiger partial charge in [0, 0.05) is 97.8 Å². The van der Waals surface area contributed by atoms with E-state index in [0.29, 0.717) is 77.2 Å². The number of methoxy groups -OCH3 is 4. The maximum atomic E-state index is 14.5. The Labute approximate surface area is 501 Å². The predicted octanol–water partition coefficient (Wildman–Crippen LogP) is 12.6. The summed E-state index contributed by atoms with van der Waals surface area (Å²) in [6, 6.07) is 18.2. The van der Waals surface area contributed by atoms with Gasteiger partial charge in [0.1, 0.15) is 28.9 Å². The molecule has 0 radical (unpaired) electrons. The predicted molar refractivity (Wildman–Crippen MR) is 325 cm³/mol. The van der Waals surface area contributed by atoms with Gasteiger partial charge < -0.3 is 44.5 Å². The largest absolute Gasteiger partial charge is 0.493 e. The fourth-order valence-electron chi connectivity index (χ4n) is 12.4. The molecule has 4 fully saturated rings. The number of hydrogen-bond donors (Lipinski definition) is 2. The van der Waals surface area contributed by atoms with Crippen LogP contribution in [0.4, 0.5) is 22.4 Å². The average Bonchev–Trinajstić information content (AvgIpc) is 4.37. The number of carbonyl (C=O) groups excluding carboxylic acids is 3. The van der Waals surface area contributed by atoms with Crippen LogP contribution in [0.2, 0.25) is 0 Å². The van der Waals surface area contributed by atoms with Crippen molar-refractivity contribution in [2.75, 3.05) is 80.8 Å². The zero-order valence-electron chi connectivity index (χ0n) is 51.3. The number of alkyl carbamates (subject to hydrolysis) is 1. The minimum atomic E-state index is -0.643. The number of amides is 3. The first kappa shape index (κ1) is 65.9. The summed E-state index contributed by atoms with van der Waals surface area (Å²) in [5.74, 6) is 0.391. The van der Waals surface area contributed by atoms with Crippen LogP contribution in [0, 0.1) is 35.1 Å². The Hall–Kier alpha value is -6.63. The minimum absolute atomic E-state index is 0.121. The third kappa shape index (κ3) is 19.4. The number of nitrogens with two attached hydrogens (primary N) is 1. The van der Waals surface area contributed by atoms with Crippen LogP contribution in [0.5, 0.6) is 23.0 Å². The third-order valence-corrected chi connectivity index (χ3v) is 16.7. The number of halogens is 4. The van der Waals surface area contributed by atoms with Crippen molar-refractivity contribution >= 4 is 30.1 Å². The van der Waals surface area contributed by atoms with E-state index < -0.39 is 28.9 Å². The van der Waals surface area contributed by atoms with Crippen LogP contribution >= 0.6 is 0 Å². The highest BCUT2D eigenvalue weighted by atomic mass is 19.1. The summed E-state index contributed by atoms with van der Waals surface area (Å²) >= 11 is 0. The van der Waals surface area contributed by atoms with Crippen LogP contribution in [0.3, 0.4) is 0 Å². The fraction of sp³-hybridized carbons (Fsp3) is 0.537. The molecule has 0 aromatic heterocycles. The zero-order chi connectivity index (χ0) is 61.4. The van der Waals surface area contributed by atoms with E-state index in [4.69, 9.17) is 29.4 Å². The lowest BCUT2D eigenvalue weighted by Gasteiger charge is -2.36. The Morgan fingerprint density at radius 3 is 1.38 bits per heavy atom. The van der Waals surface area contributed by atoms with E-state index >= 15 is 0 Å². The van der Waals surface area contributed by atoms with Crippen LogP contribution in [0.15, 0.2) is 83.9 Å². The van der Waals surface area contributed by atoms with Crippen LogP contribution in [-0.2, 0) is 4.74 Å². The molecule has 2 heterocycles. The zero-order valence-corrected chi connectivity index (χ0v) is 51.3. The van der Waals surface area contributed by atoms with E-state index in [9.17, 15) is 31.9 Å². The highest BCUT2D eigenvalue weighted by Gasteiger charge is 2.34. The SMILES string of the molecule is COc1ccc(C(=O)N(C/C(C)=C/c2ccc(F)cc2F)CC2CCCN2CC2CCC(N)CC2)cc1OC.COc1ccc(C(=O)N(C/C(C)=C/c2ccc(F)cc2F)CC2CCCN2CC2CCC(NC(=O)OC(C)(C)C)CC2)cc1OC. The first-order valence-electron chi connectivity index (χ1n) is 30.1. The summed E-state index contributed by atoms with van der Waals surface area (Å²) in [7, 11) is 6.18. The Kier molecular flexibility index (Phi) is 24.1. The molecule has 14 nitrogen and oxygen atoms in total. The summed E-state index contributed by atoms with van der Waals surface area (Å²) in [6.45, 7) is 15.0. The van der Waals surface area contributed by atoms with Crippen molar-refractivity contribution in [1.82, 2.24) is 24.9 Å². The van der Waals surface area contributed by atoms with E-state index in [1.165, 1.54) is 31.4 Å². The second kappa shape index (κ2) is 31.1. The van der Waals surface area contributed by atoms with Gasteiger partial charge >= 0.3 is 6.09 Å². The van der Waals surface area contributed by atoms with Gasteiger partial charge in [0.2, 0.25) is 0 Å². The molecule has 2 saturated heterocycles. The summed E-state index contributed by atoms with van der Waals surface area (Å²) in [4.78, 5) is 48.8. The first-order chi connectivity index (χ1) is 40.6. The van der Waals surface area contributed by atoms with Crippen LogP contribution < -0.4 is 30.0 Å². The molecular formula is C67H90F4N6O8. The lowest BCUT2D eigenvalue weighted by atomic mass is 9.85. The second-order valence-electron chi connectivity index (χ2n) is 24.6. The van der Waals surface area contributed by atoms with Gasteiger partial charge in [-0.15, -0.1) is 0 Å². The minimum Gasteiger partial charge on any atom is -0.493 e. The Morgan fingerprint density at radius 1 is 0.576 bits per heavy atom. The second-order valence-corrected chi connectivity index (χ2v) is 24.6. The van der Waals surface area contributed by atoms with Crippen LogP contribution in [-0.4, -0.2) is 148 Å². The molecule has 0 spiro atoms. The molecule has 2 saturated carbocycles. The summed E-state index contributed by atoms with van der Waals surface area (Å²) < 4.78 is 82.8. The number of benzene rings is 4. The van der Waals surface area contributed by atoms with Crippen molar-refractivity contribution in [3.05, 3.63) is 129 Å². The summed E-state index contributed by atoms with van der Waals surface area (Å²) in [5.41, 5.74) is 8.73. The number of rotatable bonds is 21. The number of nitrogens with zero attached hydrogens (tertiary/aromatic N) is 4. The Balaban J connectivity index is 0.000000247. The van der Waals surface area contributed by atoms with Crippen molar-refractivity contribution < 1.29 is 55.6 Å². The average molecular weight is 1180 g/mol. The molecule has 3 amide bonds. The van der Waals surface area contributed by atoms with Gasteiger partial charge in [-0.1, -0.05) is 23.3 Å². The van der Waals surface area contributed by atoms with Gasteiger partial charge in [0.05, 0.1) is 28.4 Å². The topological polar surface area (TPSA) is 148 Å². The number of carbonyl (C=O) groups is 3. The highest BCUT2D eigenvalue weighted by Crippen LogP contribution is 2.34. The molecule has 2 aliphatic carbocycles. The molecule has 2 unspecified atom stereocenters. The highest BCUT2D eigenvalue weighted by molar-refractivity contribution is 5.96. The van der Waals surface area contributed by atoms with E-state index in [-0.39, 0.29) is 48.1 Å². The molecule has 4 aliphatic rings. The quantitative estimate of drug-likeness (QED) is 0.0768. The Morgan fingerprint density at radius 2 is 0.988 bits per heavy atom. The van der Waals surface area contributed by atoms with Gasteiger partial charge in [0.25, 0.3) is 11.8 Å². The molecule has 0 bridgehead atoms. The molecular weight excluding hydrogens is 1090 g/mol. The standard InChI is InChI=1S/C36H49F2N3O5.C31H41F2N3O3/c1-24(18-26-11-13-28(37)20-31(26)38)21-41(34(42)27-12-16-32(44-5)33(19-27)45-6)23-30-8-7-17-40(30)22-25-9-14-29(15-10-25)39-35(43)46-36(2,3)4;1-21(15-23-8-10-25(32)17-28(23)33)18-36(31(37)24-9-13-29(38-2)30(16-24)39-3)20-27-5-4-14-35(27)19-22-6-11-26(34)12-7-22/h11-13,16,18-20,25,29-30H,7-10,14-15,17,21-23H2,1-6H3,(H,39,43);8-10,13,15-17,22,26-27H,4-7,11-12,14,18-20,34H2,1-3H3/b24-18+;21-15+. The summed E-state index contributed by atoms with van der Waals surface area (Å²) in [5, 5.41) is 3.03. The lowest BCUT2D eigenvalue weighted by Crippen LogP contribution is -2.46. The molecule has 85 heavy (non-hydrogen) atoms. The molecule has 4 aromatic carbocycles. The van der Waals surface area contributed by atoms with E-state index in [1.54, 1.807) is 69.9 Å². The molecule has 8 rings (SSSR count). The van der Waals surface area contributed by atoms with Crippen molar-refractivity contribution in [3.8, 4) is 23.0 Å². The van der Waals surface area contributed by atoms with E-state index in [2.05, 4.69) is 15.1 Å². The van der Waals surface area contributed by atoms with E-state index in [0.717, 1.165) is 127 Å².